The Balaban J connectivity index is 2.60. The molecule has 1 heterocycles. The van der Waals surface area contributed by atoms with E-state index in [1.807, 2.05) is 0 Å². The summed E-state index contributed by atoms with van der Waals surface area (Å²) in [7, 11) is -7.40. The lowest BCUT2D eigenvalue weighted by Crippen LogP contribution is -2.31. The van der Waals surface area contributed by atoms with E-state index in [4.69, 9.17) is 5.14 Å². The SMILES string of the molecule is NS(=O)(=O)CCNS(=O)(=O)c1cnc[nH]1. The Kier molecular flexibility index (Phi) is 3.44. The molecule has 0 saturated carbocycles. The van der Waals surface area contributed by atoms with Gasteiger partial charge in [-0.05, 0) is 0 Å². The van der Waals surface area contributed by atoms with Crippen molar-refractivity contribution in [2.24, 2.45) is 5.14 Å². The van der Waals surface area contributed by atoms with Gasteiger partial charge < -0.3 is 4.98 Å². The van der Waals surface area contributed by atoms with Crippen molar-refractivity contribution in [3.63, 3.8) is 0 Å². The molecule has 15 heavy (non-hydrogen) atoms. The Bertz CT molecular complexity index is 503. The topological polar surface area (TPSA) is 135 Å². The molecule has 0 amide bonds. The maximum Gasteiger partial charge on any atom is 0.257 e. The Hall–Kier alpha value is -0.970. The van der Waals surface area contributed by atoms with Gasteiger partial charge in [-0.25, -0.2) is 31.7 Å². The molecule has 0 aliphatic carbocycles. The predicted octanol–water partition coefficient (Wildman–Crippen LogP) is -2.02. The van der Waals surface area contributed by atoms with Gasteiger partial charge in [0, 0.05) is 6.54 Å². The lowest BCUT2D eigenvalue weighted by atomic mass is 10.8. The number of aromatic nitrogens is 2. The molecule has 0 fully saturated rings. The minimum absolute atomic E-state index is 0.128. The standard InChI is InChI=1S/C5H10N4O4S2/c6-14(10,11)2-1-9-15(12,13)5-3-7-4-8-5/h3-4,9H,1-2H2,(H,7,8)(H2,6,10,11). The monoisotopic (exact) mass is 254 g/mol. The molecule has 4 N–H and O–H groups in total. The number of primary sulfonamides is 1. The van der Waals surface area contributed by atoms with E-state index in [2.05, 4.69) is 14.7 Å². The molecule has 0 aliphatic rings. The van der Waals surface area contributed by atoms with Crippen molar-refractivity contribution in [2.75, 3.05) is 12.3 Å². The third-order valence-corrected chi connectivity index (χ3v) is 3.60. The van der Waals surface area contributed by atoms with Crippen LogP contribution in [0.25, 0.3) is 0 Å². The predicted molar refractivity (Wildman–Crippen MR) is 51.8 cm³/mol. The summed E-state index contributed by atoms with van der Waals surface area (Å²) in [5.74, 6) is -0.458. The average molecular weight is 254 g/mol. The first-order valence-electron chi connectivity index (χ1n) is 3.80. The number of sulfonamides is 2. The number of nitrogens with two attached hydrogens (primary N) is 1. The zero-order chi connectivity index (χ0) is 11.5. The number of H-pyrrole nitrogens is 1. The maximum atomic E-state index is 11.4. The van der Waals surface area contributed by atoms with Gasteiger partial charge in [0.2, 0.25) is 10.0 Å². The lowest BCUT2D eigenvalue weighted by molar-refractivity contribution is 0.578. The second kappa shape index (κ2) is 4.26. The van der Waals surface area contributed by atoms with Gasteiger partial charge in [0.05, 0.1) is 18.3 Å². The molecule has 1 aromatic heterocycles. The zero-order valence-corrected chi connectivity index (χ0v) is 9.18. The second-order valence-corrected chi connectivity index (χ2v) is 6.15. The fourth-order valence-electron chi connectivity index (χ4n) is 0.786. The summed E-state index contributed by atoms with van der Waals surface area (Å²) in [4.78, 5) is 5.91. The third kappa shape index (κ3) is 3.95. The van der Waals surface area contributed by atoms with Gasteiger partial charge in [-0.2, -0.15) is 0 Å². The number of imidazole rings is 1. The Labute approximate surface area is 87.0 Å². The van der Waals surface area contributed by atoms with Crippen LogP contribution >= 0.6 is 0 Å². The van der Waals surface area contributed by atoms with E-state index in [0.717, 1.165) is 6.20 Å². The zero-order valence-electron chi connectivity index (χ0n) is 7.54. The molecule has 1 rings (SSSR count). The highest BCUT2D eigenvalue weighted by molar-refractivity contribution is 7.90. The van der Waals surface area contributed by atoms with Crippen molar-refractivity contribution in [1.82, 2.24) is 14.7 Å². The van der Waals surface area contributed by atoms with Gasteiger partial charge >= 0.3 is 0 Å². The molecule has 10 heteroatoms. The average Bonchev–Trinajstić information content (AvgIpc) is 2.52. The molecule has 0 aromatic carbocycles. The molecule has 0 spiro atoms. The maximum absolute atomic E-state index is 11.4. The van der Waals surface area contributed by atoms with Crippen LogP contribution in [0.4, 0.5) is 0 Å². The summed E-state index contributed by atoms with van der Waals surface area (Å²) in [6.07, 6.45) is 2.31. The fraction of sp³-hybridized carbons (Fsp3) is 0.400. The normalized spacial score (nSPS) is 12.9. The highest BCUT2D eigenvalue weighted by Crippen LogP contribution is 2.00. The second-order valence-electron chi connectivity index (χ2n) is 2.68. The van der Waals surface area contributed by atoms with E-state index in [9.17, 15) is 16.8 Å². The van der Waals surface area contributed by atoms with E-state index >= 15 is 0 Å². The van der Waals surface area contributed by atoms with Crippen molar-refractivity contribution in [1.29, 1.82) is 0 Å². The molecule has 0 bridgehead atoms. The van der Waals surface area contributed by atoms with E-state index in [1.165, 1.54) is 6.33 Å². The molecule has 0 saturated heterocycles. The summed E-state index contributed by atoms with van der Waals surface area (Å²) >= 11 is 0. The quantitative estimate of drug-likeness (QED) is 0.557. The van der Waals surface area contributed by atoms with Crippen molar-refractivity contribution in [2.45, 2.75) is 5.03 Å². The number of rotatable bonds is 5. The van der Waals surface area contributed by atoms with E-state index < -0.39 is 25.8 Å². The summed E-state index contributed by atoms with van der Waals surface area (Å²) in [6.45, 7) is -0.278. The van der Waals surface area contributed by atoms with E-state index in [1.54, 1.807) is 0 Å². The minimum Gasteiger partial charge on any atom is -0.335 e. The first-order chi connectivity index (χ1) is 6.81. The molecule has 0 unspecified atom stereocenters. The number of hydrogen-bond acceptors (Lipinski definition) is 5. The molecule has 0 radical (unpaired) electrons. The van der Waals surface area contributed by atoms with Crippen LogP contribution in [0.5, 0.6) is 0 Å². The van der Waals surface area contributed by atoms with Crippen LogP contribution in [0.1, 0.15) is 0 Å². The number of aromatic amines is 1. The van der Waals surface area contributed by atoms with Crippen LogP contribution in [-0.2, 0) is 20.0 Å². The number of hydrogen-bond donors (Lipinski definition) is 3. The van der Waals surface area contributed by atoms with Crippen LogP contribution in [0.2, 0.25) is 0 Å². The van der Waals surface area contributed by atoms with Crippen molar-refractivity contribution >= 4 is 20.0 Å². The molecule has 8 nitrogen and oxygen atoms in total. The molecule has 0 aliphatic heterocycles. The molecule has 1 aromatic rings. The van der Waals surface area contributed by atoms with E-state index in [0.29, 0.717) is 0 Å². The van der Waals surface area contributed by atoms with Crippen LogP contribution < -0.4 is 9.86 Å². The van der Waals surface area contributed by atoms with Crippen molar-refractivity contribution in [3.05, 3.63) is 12.5 Å². The lowest BCUT2D eigenvalue weighted by Gasteiger charge is -2.02. The van der Waals surface area contributed by atoms with Crippen LogP contribution in [0, 0.1) is 0 Å². The van der Waals surface area contributed by atoms with Crippen molar-refractivity contribution in [3.8, 4) is 0 Å². The number of nitrogens with zero attached hydrogens (tertiary/aromatic N) is 1. The molecular weight excluding hydrogens is 244 g/mol. The summed E-state index contributed by atoms with van der Waals surface area (Å²) in [6, 6.07) is 0. The molecular formula is C5H10N4O4S2. The Morgan fingerprint density at radius 2 is 2.07 bits per heavy atom. The fourth-order valence-corrected chi connectivity index (χ4v) is 2.24. The summed E-state index contributed by atoms with van der Waals surface area (Å²) < 4.78 is 45.8. The number of nitrogens with one attached hydrogen (secondary N) is 2. The van der Waals surface area contributed by atoms with Gasteiger partial charge in [0.25, 0.3) is 10.0 Å². The summed E-state index contributed by atoms with van der Waals surface area (Å²) in [5, 5.41) is 4.57. The highest BCUT2D eigenvalue weighted by Gasteiger charge is 2.15. The van der Waals surface area contributed by atoms with Crippen LogP contribution in [0.15, 0.2) is 17.6 Å². The highest BCUT2D eigenvalue weighted by atomic mass is 32.2. The largest absolute Gasteiger partial charge is 0.335 e. The van der Waals surface area contributed by atoms with Crippen molar-refractivity contribution < 1.29 is 16.8 Å². The van der Waals surface area contributed by atoms with Gasteiger partial charge in [-0.15, -0.1) is 0 Å². The van der Waals surface area contributed by atoms with Crippen LogP contribution in [0.3, 0.4) is 0 Å². The summed E-state index contributed by atoms with van der Waals surface area (Å²) in [5.41, 5.74) is 0. The molecule has 86 valence electrons. The third-order valence-electron chi connectivity index (χ3n) is 1.44. The van der Waals surface area contributed by atoms with Gasteiger partial charge in [-0.3, -0.25) is 0 Å². The van der Waals surface area contributed by atoms with Crippen LogP contribution in [-0.4, -0.2) is 39.1 Å². The Morgan fingerprint density at radius 1 is 1.40 bits per heavy atom. The Morgan fingerprint density at radius 3 is 2.53 bits per heavy atom. The van der Waals surface area contributed by atoms with Gasteiger partial charge in [-0.1, -0.05) is 0 Å². The minimum atomic E-state index is -3.73. The first kappa shape index (κ1) is 12.1. The first-order valence-corrected chi connectivity index (χ1v) is 7.00. The van der Waals surface area contributed by atoms with Gasteiger partial charge in [0.15, 0.2) is 5.03 Å². The molecule has 0 atom stereocenters. The smallest absolute Gasteiger partial charge is 0.257 e. The van der Waals surface area contributed by atoms with E-state index in [-0.39, 0.29) is 11.6 Å². The van der Waals surface area contributed by atoms with Gasteiger partial charge in [0.1, 0.15) is 0 Å².